The lowest BCUT2D eigenvalue weighted by atomic mass is 9.84. The molecule has 2 aromatic carbocycles. The van der Waals surface area contributed by atoms with Gasteiger partial charge in [-0.2, -0.15) is 0 Å². The molecule has 0 unspecified atom stereocenters. The number of hydrogen-bond acceptors (Lipinski definition) is 3. The zero-order valence-corrected chi connectivity index (χ0v) is 18.6. The molecule has 31 heavy (non-hydrogen) atoms. The zero-order chi connectivity index (χ0) is 22.0. The summed E-state index contributed by atoms with van der Waals surface area (Å²) in [5, 5.41) is 0.607. The summed E-state index contributed by atoms with van der Waals surface area (Å²) in [5.74, 6) is 1.29. The molecule has 0 radical (unpaired) electrons. The maximum Gasteiger partial charge on any atom is 0.261 e. The first-order chi connectivity index (χ1) is 15.0. The highest BCUT2D eigenvalue weighted by molar-refractivity contribution is 5.80. The second-order valence-electron chi connectivity index (χ2n) is 9.05. The van der Waals surface area contributed by atoms with Gasteiger partial charge < -0.3 is 4.90 Å². The van der Waals surface area contributed by atoms with Crippen LogP contribution in [0.4, 0.5) is 0 Å². The number of carbonyl (C=O) groups excluding carboxylic acids is 1. The molecule has 0 N–H and O–H groups in total. The quantitative estimate of drug-likeness (QED) is 0.555. The minimum atomic E-state index is -0.281. The molecule has 4 rings (SSSR count). The number of benzene rings is 2. The van der Waals surface area contributed by atoms with E-state index in [1.54, 1.807) is 4.57 Å². The SMILES string of the molecule is CC(C)CN(C(=O)C1CCC1)[C@H](C)c1nc2ccccc2c(=O)n1Cc1ccccc1. The van der Waals surface area contributed by atoms with E-state index in [0.717, 1.165) is 24.8 Å². The lowest BCUT2D eigenvalue weighted by Gasteiger charge is -2.37. The van der Waals surface area contributed by atoms with E-state index in [9.17, 15) is 9.59 Å². The van der Waals surface area contributed by atoms with Crippen LogP contribution in [-0.4, -0.2) is 26.9 Å². The number of hydrogen-bond donors (Lipinski definition) is 0. The van der Waals surface area contributed by atoms with E-state index in [0.29, 0.717) is 35.7 Å². The van der Waals surface area contributed by atoms with Crippen molar-refractivity contribution in [3.63, 3.8) is 0 Å². The van der Waals surface area contributed by atoms with Crippen LogP contribution in [0, 0.1) is 11.8 Å². The summed E-state index contributed by atoms with van der Waals surface area (Å²) < 4.78 is 1.75. The Morgan fingerprint density at radius 1 is 1.06 bits per heavy atom. The molecule has 162 valence electrons. The van der Waals surface area contributed by atoms with Gasteiger partial charge in [-0.15, -0.1) is 0 Å². The van der Waals surface area contributed by atoms with Crippen LogP contribution in [0.25, 0.3) is 10.9 Å². The van der Waals surface area contributed by atoms with Crippen molar-refractivity contribution in [2.75, 3.05) is 6.54 Å². The molecule has 0 bridgehead atoms. The minimum Gasteiger partial charge on any atom is -0.332 e. The highest BCUT2D eigenvalue weighted by atomic mass is 16.2. The molecule has 0 aliphatic heterocycles. The zero-order valence-electron chi connectivity index (χ0n) is 18.6. The van der Waals surface area contributed by atoms with Gasteiger partial charge in [0.05, 0.1) is 23.5 Å². The van der Waals surface area contributed by atoms with Crippen molar-refractivity contribution >= 4 is 16.8 Å². The molecular formula is C26H31N3O2. The number of carbonyl (C=O) groups is 1. The van der Waals surface area contributed by atoms with Gasteiger partial charge in [0.2, 0.25) is 5.91 Å². The van der Waals surface area contributed by atoms with Crippen LogP contribution in [0.5, 0.6) is 0 Å². The van der Waals surface area contributed by atoms with Crippen LogP contribution >= 0.6 is 0 Å². The van der Waals surface area contributed by atoms with Crippen molar-refractivity contribution in [3.8, 4) is 0 Å². The molecule has 1 heterocycles. The highest BCUT2D eigenvalue weighted by Crippen LogP contribution is 2.32. The lowest BCUT2D eigenvalue weighted by molar-refractivity contribution is -0.141. The van der Waals surface area contributed by atoms with Gasteiger partial charge >= 0.3 is 0 Å². The third kappa shape index (κ3) is 4.41. The van der Waals surface area contributed by atoms with Gasteiger partial charge in [-0.1, -0.05) is 62.7 Å². The fourth-order valence-electron chi connectivity index (χ4n) is 4.28. The summed E-state index contributed by atoms with van der Waals surface area (Å²) in [6, 6.07) is 17.1. The van der Waals surface area contributed by atoms with Crippen LogP contribution in [0.3, 0.4) is 0 Å². The summed E-state index contributed by atoms with van der Waals surface area (Å²) in [7, 11) is 0. The van der Waals surface area contributed by atoms with Crippen LogP contribution in [0.15, 0.2) is 59.4 Å². The van der Waals surface area contributed by atoms with E-state index in [1.807, 2.05) is 66.4 Å². The molecular weight excluding hydrogens is 386 g/mol. The van der Waals surface area contributed by atoms with E-state index in [2.05, 4.69) is 13.8 Å². The Kier molecular flexibility index (Phi) is 6.21. The largest absolute Gasteiger partial charge is 0.332 e. The Morgan fingerprint density at radius 3 is 2.39 bits per heavy atom. The normalized spacial score (nSPS) is 15.1. The summed E-state index contributed by atoms with van der Waals surface area (Å²) in [6.07, 6.45) is 3.04. The van der Waals surface area contributed by atoms with Gasteiger partial charge in [0.15, 0.2) is 0 Å². The van der Waals surface area contributed by atoms with Crippen LogP contribution in [0.1, 0.15) is 57.5 Å². The van der Waals surface area contributed by atoms with Crippen molar-refractivity contribution in [2.45, 2.75) is 52.6 Å². The van der Waals surface area contributed by atoms with Crippen molar-refractivity contribution in [3.05, 3.63) is 76.3 Å². The van der Waals surface area contributed by atoms with Gasteiger partial charge in [-0.25, -0.2) is 4.98 Å². The molecule has 1 atom stereocenters. The van der Waals surface area contributed by atoms with E-state index in [4.69, 9.17) is 4.98 Å². The van der Waals surface area contributed by atoms with Crippen molar-refractivity contribution in [1.82, 2.24) is 14.5 Å². The maximum atomic E-state index is 13.5. The van der Waals surface area contributed by atoms with Crippen molar-refractivity contribution < 1.29 is 4.79 Å². The van der Waals surface area contributed by atoms with E-state index < -0.39 is 0 Å². The smallest absolute Gasteiger partial charge is 0.261 e. The number of para-hydroxylation sites is 1. The molecule has 1 aliphatic carbocycles. The molecule has 5 nitrogen and oxygen atoms in total. The Morgan fingerprint density at radius 2 is 1.74 bits per heavy atom. The third-order valence-electron chi connectivity index (χ3n) is 6.22. The number of rotatable bonds is 7. The molecule has 0 saturated heterocycles. The summed E-state index contributed by atoms with van der Waals surface area (Å²) >= 11 is 0. The Hall–Kier alpha value is -2.95. The monoisotopic (exact) mass is 417 g/mol. The summed E-state index contributed by atoms with van der Waals surface area (Å²) in [4.78, 5) is 33.7. The maximum absolute atomic E-state index is 13.5. The average Bonchev–Trinajstić information content (AvgIpc) is 2.73. The second kappa shape index (κ2) is 9.04. The Balaban J connectivity index is 1.82. The summed E-state index contributed by atoms with van der Waals surface area (Å²) in [5.41, 5.74) is 1.66. The predicted octanol–water partition coefficient (Wildman–Crippen LogP) is 4.79. The first kappa shape index (κ1) is 21.3. The van der Waals surface area contributed by atoms with Crippen LogP contribution in [-0.2, 0) is 11.3 Å². The highest BCUT2D eigenvalue weighted by Gasteiger charge is 2.34. The fraction of sp³-hybridized carbons (Fsp3) is 0.423. The van der Waals surface area contributed by atoms with Gasteiger partial charge in [0.1, 0.15) is 5.82 Å². The van der Waals surface area contributed by atoms with Crippen molar-refractivity contribution in [2.24, 2.45) is 11.8 Å². The molecule has 1 aromatic heterocycles. The lowest BCUT2D eigenvalue weighted by Crippen LogP contribution is -2.44. The molecule has 5 heteroatoms. The van der Waals surface area contributed by atoms with Crippen LogP contribution < -0.4 is 5.56 Å². The van der Waals surface area contributed by atoms with Gasteiger partial charge in [-0.3, -0.25) is 14.2 Å². The third-order valence-corrected chi connectivity index (χ3v) is 6.22. The van der Waals surface area contributed by atoms with Gasteiger partial charge in [0, 0.05) is 12.5 Å². The summed E-state index contributed by atoms with van der Waals surface area (Å²) in [6.45, 7) is 7.35. The molecule has 1 amide bonds. The minimum absolute atomic E-state index is 0.0584. The van der Waals surface area contributed by atoms with Crippen LogP contribution in [0.2, 0.25) is 0 Å². The second-order valence-corrected chi connectivity index (χ2v) is 9.05. The van der Waals surface area contributed by atoms with Gasteiger partial charge in [0.25, 0.3) is 5.56 Å². The Bertz CT molecular complexity index is 1120. The van der Waals surface area contributed by atoms with E-state index >= 15 is 0 Å². The van der Waals surface area contributed by atoms with E-state index in [1.165, 1.54) is 0 Å². The molecule has 1 saturated carbocycles. The number of aromatic nitrogens is 2. The number of nitrogens with zero attached hydrogens (tertiary/aromatic N) is 3. The molecule has 0 spiro atoms. The first-order valence-corrected chi connectivity index (χ1v) is 11.3. The molecule has 3 aromatic rings. The van der Waals surface area contributed by atoms with Crippen molar-refractivity contribution in [1.29, 1.82) is 0 Å². The van der Waals surface area contributed by atoms with Gasteiger partial charge in [-0.05, 0) is 43.4 Å². The predicted molar refractivity (Wildman–Crippen MR) is 124 cm³/mol. The topological polar surface area (TPSA) is 55.2 Å². The fourth-order valence-corrected chi connectivity index (χ4v) is 4.28. The number of amides is 1. The van der Waals surface area contributed by atoms with E-state index in [-0.39, 0.29) is 23.4 Å². The molecule has 1 fully saturated rings. The first-order valence-electron chi connectivity index (χ1n) is 11.3. The average molecular weight is 418 g/mol. The standard InChI is InChI=1S/C26H31N3O2/c1-18(2)16-28(25(30)21-12-9-13-21)19(3)24-27-23-15-8-7-14-22(23)26(31)29(24)17-20-10-5-4-6-11-20/h4-8,10-11,14-15,18-19,21H,9,12-13,16-17H2,1-3H3/t19-/m1/s1. The Labute approximate surface area is 183 Å². The molecule has 1 aliphatic rings. The number of fused-ring (bicyclic) bond motifs is 1.